The van der Waals surface area contributed by atoms with Crippen molar-refractivity contribution in [3.63, 3.8) is 0 Å². The van der Waals surface area contributed by atoms with E-state index in [2.05, 4.69) is 19.2 Å². The summed E-state index contributed by atoms with van der Waals surface area (Å²) in [5.74, 6) is 0.741. The van der Waals surface area contributed by atoms with E-state index in [1.807, 2.05) is 4.90 Å². The van der Waals surface area contributed by atoms with Crippen LogP contribution in [0.1, 0.15) is 50.1 Å². The predicted octanol–water partition coefficient (Wildman–Crippen LogP) is 2.44. The maximum Gasteiger partial charge on any atom is 0.286 e. The van der Waals surface area contributed by atoms with E-state index >= 15 is 0 Å². The van der Waals surface area contributed by atoms with Crippen LogP contribution in [0.5, 0.6) is 0 Å². The van der Waals surface area contributed by atoms with Gasteiger partial charge in [-0.2, -0.15) is 0 Å². The zero-order chi connectivity index (χ0) is 15.2. The van der Waals surface area contributed by atoms with E-state index in [-0.39, 0.29) is 17.6 Å². The van der Waals surface area contributed by atoms with Gasteiger partial charge in [-0.25, -0.2) is 0 Å². The Morgan fingerprint density at radius 2 is 2.19 bits per heavy atom. The molecule has 21 heavy (non-hydrogen) atoms. The lowest BCUT2D eigenvalue weighted by Gasteiger charge is -2.23. The summed E-state index contributed by atoms with van der Waals surface area (Å²) in [4.78, 5) is 25.9. The van der Waals surface area contributed by atoms with Crippen molar-refractivity contribution in [3.05, 3.63) is 24.2 Å². The Bertz CT molecular complexity index is 464. The SMILES string of the molecule is CC(C)CCN(C(=O)CCNC(=O)c1ccco1)C1CC1. The van der Waals surface area contributed by atoms with Gasteiger partial charge in [0, 0.05) is 25.6 Å². The smallest absolute Gasteiger partial charge is 0.286 e. The molecule has 5 nitrogen and oxygen atoms in total. The molecular weight excluding hydrogens is 268 g/mol. The van der Waals surface area contributed by atoms with E-state index in [1.54, 1.807) is 12.1 Å². The summed E-state index contributed by atoms with van der Waals surface area (Å²) in [7, 11) is 0. The first-order chi connectivity index (χ1) is 10.1. The Hall–Kier alpha value is -1.78. The highest BCUT2D eigenvalue weighted by atomic mass is 16.3. The second-order valence-electron chi connectivity index (χ2n) is 5.98. The molecule has 1 N–H and O–H groups in total. The molecule has 0 saturated heterocycles. The summed E-state index contributed by atoms with van der Waals surface area (Å²) in [6.07, 6.45) is 5.06. The Morgan fingerprint density at radius 3 is 2.76 bits per heavy atom. The van der Waals surface area contributed by atoms with Crippen molar-refractivity contribution in [1.82, 2.24) is 10.2 Å². The van der Waals surface area contributed by atoms with Gasteiger partial charge in [-0.15, -0.1) is 0 Å². The van der Waals surface area contributed by atoms with Crippen LogP contribution in [-0.4, -0.2) is 35.8 Å². The minimum absolute atomic E-state index is 0.137. The zero-order valence-electron chi connectivity index (χ0n) is 12.8. The molecule has 1 aliphatic rings. The maximum atomic E-state index is 12.3. The third-order valence-electron chi connectivity index (χ3n) is 3.62. The van der Waals surface area contributed by atoms with Gasteiger partial charge in [0.2, 0.25) is 5.91 Å². The summed E-state index contributed by atoms with van der Waals surface area (Å²) in [5, 5.41) is 2.71. The molecule has 0 spiro atoms. The third-order valence-corrected chi connectivity index (χ3v) is 3.62. The fourth-order valence-electron chi connectivity index (χ4n) is 2.22. The van der Waals surface area contributed by atoms with Crippen LogP contribution in [0.3, 0.4) is 0 Å². The molecule has 0 atom stereocenters. The molecular formula is C16H24N2O3. The molecule has 0 unspecified atom stereocenters. The lowest BCUT2D eigenvalue weighted by molar-refractivity contribution is -0.131. The summed E-state index contributed by atoms with van der Waals surface area (Å²) in [6.45, 7) is 5.51. The quantitative estimate of drug-likeness (QED) is 0.800. The Morgan fingerprint density at radius 1 is 1.43 bits per heavy atom. The molecule has 0 aliphatic heterocycles. The number of rotatable bonds is 8. The number of amides is 2. The van der Waals surface area contributed by atoms with Crippen LogP contribution in [0.2, 0.25) is 0 Å². The number of nitrogens with one attached hydrogen (secondary N) is 1. The van der Waals surface area contributed by atoms with Gasteiger partial charge in [-0.3, -0.25) is 9.59 Å². The third kappa shape index (κ3) is 4.92. The van der Waals surface area contributed by atoms with Crippen LogP contribution >= 0.6 is 0 Å². The van der Waals surface area contributed by atoms with Crippen molar-refractivity contribution in [2.45, 2.75) is 45.6 Å². The van der Waals surface area contributed by atoms with Gasteiger partial charge in [0.1, 0.15) is 0 Å². The molecule has 1 fully saturated rings. The summed E-state index contributed by atoms with van der Waals surface area (Å²) >= 11 is 0. The second-order valence-corrected chi connectivity index (χ2v) is 5.98. The number of hydrogen-bond acceptors (Lipinski definition) is 3. The summed E-state index contributed by atoms with van der Waals surface area (Å²) in [6, 6.07) is 3.70. The number of hydrogen-bond donors (Lipinski definition) is 1. The van der Waals surface area contributed by atoms with E-state index in [0.29, 0.717) is 24.9 Å². The highest BCUT2D eigenvalue weighted by molar-refractivity contribution is 5.91. The summed E-state index contributed by atoms with van der Waals surface area (Å²) < 4.78 is 5.01. The average Bonchev–Trinajstić information content (AvgIpc) is 3.11. The van der Waals surface area contributed by atoms with Gasteiger partial charge < -0.3 is 14.6 Å². The molecule has 2 rings (SSSR count). The number of carbonyl (C=O) groups excluding carboxylic acids is 2. The zero-order valence-corrected chi connectivity index (χ0v) is 12.8. The van der Waals surface area contributed by atoms with E-state index in [9.17, 15) is 9.59 Å². The Kier molecular flexibility index (Phi) is 5.42. The molecule has 1 aromatic rings. The lowest BCUT2D eigenvalue weighted by Crippen LogP contribution is -2.37. The highest BCUT2D eigenvalue weighted by Gasteiger charge is 2.31. The lowest BCUT2D eigenvalue weighted by atomic mass is 10.1. The molecule has 1 heterocycles. The van der Waals surface area contributed by atoms with Gasteiger partial charge >= 0.3 is 0 Å². The minimum Gasteiger partial charge on any atom is -0.459 e. The van der Waals surface area contributed by atoms with E-state index < -0.39 is 0 Å². The molecule has 1 aliphatic carbocycles. The van der Waals surface area contributed by atoms with E-state index in [1.165, 1.54) is 6.26 Å². The monoisotopic (exact) mass is 292 g/mol. The first kappa shape index (κ1) is 15.6. The van der Waals surface area contributed by atoms with Gasteiger partial charge in [0.15, 0.2) is 5.76 Å². The maximum absolute atomic E-state index is 12.3. The molecule has 1 saturated carbocycles. The topological polar surface area (TPSA) is 62.6 Å². The number of nitrogens with zero attached hydrogens (tertiary/aromatic N) is 1. The highest BCUT2D eigenvalue weighted by Crippen LogP contribution is 2.27. The van der Waals surface area contributed by atoms with Gasteiger partial charge in [0.05, 0.1) is 6.26 Å². The van der Waals surface area contributed by atoms with E-state index in [4.69, 9.17) is 4.42 Å². The second kappa shape index (κ2) is 7.29. The fraction of sp³-hybridized carbons (Fsp3) is 0.625. The number of furan rings is 1. The van der Waals surface area contributed by atoms with Crippen molar-refractivity contribution in [1.29, 1.82) is 0 Å². The molecule has 1 aromatic heterocycles. The van der Waals surface area contributed by atoms with Crippen LogP contribution in [0.25, 0.3) is 0 Å². The van der Waals surface area contributed by atoms with Gasteiger partial charge in [-0.05, 0) is 37.3 Å². The normalized spacial score (nSPS) is 14.2. The molecule has 0 aromatic carbocycles. The van der Waals surface area contributed by atoms with Crippen LogP contribution in [0.4, 0.5) is 0 Å². The van der Waals surface area contributed by atoms with E-state index in [0.717, 1.165) is 25.8 Å². The fourth-order valence-corrected chi connectivity index (χ4v) is 2.22. The van der Waals surface area contributed by atoms with Crippen molar-refractivity contribution >= 4 is 11.8 Å². The van der Waals surface area contributed by atoms with Gasteiger partial charge in [-0.1, -0.05) is 13.8 Å². The number of carbonyl (C=O) groups is 2. The Labute approximate surface area is 125 Å². The standard InChI is InChI=1S/C16H24N2O3/c1-12(2)8-10-18(13-5-6-13)15(19)7-9-17-16(20)14-4-3-11-21-14/h3-4,11-13H,5-10H2,1-2H3,(H,17,20). The van der Waals surface area contributed by atoms with Crippen molar-refractivity contribution in [2.24, 2.45) is 5.92 Å². The molecule has 5 heteroatoms. The average molecular weight is 292 g/mol. The molecule has 0 radical (unpaired) electrons. The molecule has 0 bridgehead atoms. The van der Waals surface area contributed by atoms with Crippen LogP contribution in [0, 0.1) is 5.92 Å². The molecule has 116 valence electrons. The minimum atomic E-state index is -0.270. The largest absolute Gasteiger partial charge is 0.459 e. The van der Waals surface area contributed by atoms with Crippen LogP contribution < -0.4 is 5.32 Å². The van der Waals surface area contributed by atoms with Crippen LogP contribution in [0.15, 0.2) is 22.8 Å². The van der Waals surface area contributed by atoms with Crippen molar-refractivity contribution in [2.75, 3.05) is 13.1 Å². The van der Waals surface area contributed by atoms with Crippen molar-refractivity contribution in [3.8, 4) is 0 Å². The first-order valence-corrected chi connectivity index (χ1v) is 7.69. The summed E-state index contributed by atoms with van der Waals surface area (Å²) in [5.41, 5.74) is 0. The Balaban J connectivity index is 1.73. The molecule has 2 amide bonds. The first-order valence-electron chi connectivity index (χ1n) is 7.69. The van der Waals surface area contributed by atoms with Gasteiger partial charge in [0.25, 0.3) is 5.91 Å². The van der Waals surface area contributed by atoms with Crippen molar-refractivity contribution < 1.29 is 14.0 Å². The predicted molar refractivity (Wildman–Crippen MR) is 79.8 cm³/mol. The van der Waals surface area contributed by atoms with Crippen LogP contribution in [-0.2, 0) is 4.79 Å².